The summed E-state index contributed by atoms with van der Waals surface area (Å²) in [5.74, 6) is 0.0668. The van der Waals surface area contributed by atoms with Gasteiger partial charge >= 0.3 is 0 Å². The topological polar surface area (TPSA) is 51.7 Å². The number of benzene rings is 1. The predicted molar refractivity (Wildman–Crippen MR) is 91.0 cm³/mol. The first-order chi connectivity index (χ1) is 11.7. The van der Waals surface area contributed by atoms with E-state index in [1.165, 1.54) is 0 Å². The number of para-hydroxylation sites is 1. The second-order valence-corrected chi connectivity index (χ2v) is 6.76. The molecule has 5 heteroatoms. The minimum Gasteiger partial charge on any atom is -0.379 e. The van der Waals surface area contributed by atoms with E-state index in [9.17, 15) is 4.79 Å². The molecular weight excluding hydrogens is 304 g/mol. The normalized spacial score (nSPS) is 27.0. The molecule has 0 unspecified atom stereocenters. The maximum Gasteiger partial charge on any atom is 0.254 e. The first kappa shape index (κ1) is 15.5. The highest BCUT2D eigenvalue weighted by atomic mass is 16.6. The lowest BCUT2D eigenvalue weighted by Crippen LogP contribution is -2.50. The molecule has 2 fully saturated rings. The smallest absolute Gasteiger partial charge is 0.254 e. The molecule has 0 saturated carbocycles. The van der Waals surface area contributed by atoms with Gasteiger partial charge in [0.15, 0.2) is 0 Å². The average Bonchev–Trinajstić information content (AvgIpc) is 3.03. The summed E-state index contributed by atoms with van der Waals surface area (Å²) < 4.78 is 11.5. The van der Waals surface area contributed by atoms with Gasteiger partial charge in [-0.1, -0.05) is 18.2 Å². The van der Waals surface area contributed by atoms with Crippen LogP contribution in [0.5, 0.6) is 0 Å². The van der Waals surface area contributed by atoms with Gasteiger partial charge in [-0.15, -0.1) is 0 Å². The summed E-state index contributed by atoms with van der Waals surface area (Å²) in [4.78, 5) is 19.4. The summed E-state index contributed by atoms with van der Waals surface area (Å²) in [7, 11) is 1.72. The van der Waals surface area contributed by atoms with Crippen molar-refractivity contribution in [1.82, 2.24) is 9.88 Å². The number of carbonyl (C=O) groups is 1. The number of amides is 1. The Labute approximate surface area is 141 Å². The summed E-state index contributed by atoms with van der Waals surface area (Å²) in [6.45, 7) is 2.04. The van der Waals surface area contributed by atoms with Crippen LogP contribution in [-0.4, -0.2) is 54.3 Å². The molecule has 2 aromatic rings. The molecule has 0 aliphatic carbocycles. The summed E-state index contributed by atoms with van der Waals surface area (Å²) in [5.41, 5.74) is 1.34. The Hall–Kier alpha value is -1.98. The lowest BCUT2D eigenvalue weighted by atomic mass is 9.89. The minimum atomic E-state index is -0.239. The fraction of sp³-hybridized carbons (Fsp3) is 0.474. The van der Waals surface area contributed by atoms with Gasteiger partial charge in [-0.25, -0.2) is 0 Å². The fourth-order valence-corrected chi connectivity index (χ4v) is 3.96. The van der Waals surface area contributed by atoms with Crippen LogP contribution in [0.3, 0.4) is 0 Å². The Morgan fingerprint density at radius 1 is 1.38 bits per heavy atom. The van der Waals surface area contributed by atoms with Crippen molar-refractivity contribution in [3.05, 3.63) is 42.1 Å². The number of methoxy groups -OCH3 is 1. The molecule has 24 heavy (non-hydrogen) atoms. The Morgan fingerprint density at radius 2 is 2.25 bits per heavy atom. The molecule has 2 aliphatic heterocycles. The van der Waals surface area contributed by atoms with Crippen LogP contribution < -0.4 is 0 Å². The number of fused-ring (bicyclic) bond motifs is 1. The highest BCUT2D eigenvalue weighted by Gasteiger charge is 2.44. The van der Waals surface area contributed by atoms with Crippen molar-refractivity contribution in [1.29, 1.82) is 0 Å². The third-order valence-corrected chi connectivity index (χ3v) is 5.21. The highest BCUT2D eigenvalue weighted by Crippen LogP contribution is 2.36. The second-order valence-electron chi connectivity index (χ2n) is 6.76. The maximum atomic E-state index is 13.1. The molecule has 126 valence electrons. The van der Waals surface area contributed by atoms with Crippen LogP contribution in [0.25, 0.3) is 10.9 Å². The van der Waals surface area contributed by atoms with E-state index >= 15 is 0 Å². The first-order valence-corrected chi connectivity index (χ1v) is 8.51. The van der Waals surface area contributed by atoms with Crippen LogP contribution in [-0.2, 0) is 9.47 Å². The van der Waals surface area contributed by atoms with Gasteiger partial charge in [-0.05, 0) is 25.0 Å². The average molecular weight is 326 g/mol. The van der Waals surface area contributed by atoms with Crippen molar-refractivity contribution >= 4 is 16.8 Å². The van der Waals surface area contributed by atoms with E-state index in [4.69, 9.17) is 9.47 Å². The van der Waals surface area contributed by atoms with E-state index in [0.717, 1.165) is 42.3 Å². The Kier molecular flexibility index (Phi) is 3.98. The number of ether oxygens (including phenoxy) is 2. The molecule has 3 heterocycles. The molecule has 0 radical (unpaired) electrons. The van der Waals surface area contributed by atoms with E-state index < -0.39 is 0 Å². The third-order valence-electron chi connectivity index (χ3n) is 5.21. The molecule has 2 atom stereocenters. The zero-order chi connectivity index (χ0) is 16.6. The Morgan fingerprint density at radius 3 is 3.08 bits per heavy atom. The summed E-state index contributed by atoms with van der Waals surface area (Å²) in [6, 6.07) is 9.60. The van der Waals surface area contributed by atoms with Gasteiger partial charge in [0.05, 0.1) is 35.9 Å². The quantitative estimate of drug-likeness (QED) is 0.851. The Balaban J connectivity index is 1.60. The molecule has 4 rings (SSSR count). The fourth-order valence-electron chi connectivity index (χ4n) is 3.96. The minimum absolute atomic E-state index is 0.0668. The van der Waals surface area contributed by atoms with Crippen LogP contribution in [0.2, 0.25) is 0 Å². The number of hydrogen-bond acceptors (Lipinski definition) is 4. The number of hydrogen-bond donors (Lipinski definition) is 0. The first-order valence-electron chi connectivity index (χ1n) is 8.51. The predicted octanol–water partition coefficient (Wildman–Crippen LogP) is 2.64. The van der Waals surface area contributed by atoms with E-state index in [-0.39, 0.29) is 17.6 Å². The van der Waals surface area contributed by atoms with E-state index in [0.29, 0.717) is 13.2 Å². The van der Waals surface area contributed by atoms with Crippen LogP contribution in [0.15, 0.2) is 36.5 Å². The number of pyridine rings is 1. The van der Waals surface area contributed by atoms with Gasteiger partial charge in [-0.3, -0.25) is 9.78 Å². The number of carbonyl (C=O) groups excluding carboxylic acids is 1. The number of piperidine rings is 1. The van der Waals surface area contributed by atoms with Crippen molar-refractivity contribution in [2.75, 3.05) is 26.8 Å². The monoisotopic (exact) mass is 326 g/mol. The van der Waals surface area contributed by atoms with Gasteiger partial charge in [-0.2, -0.15) is 0 Å². The summed E-state index contributed by atoms with van der Waals surface area (Å²) >= 11 is 0. The van der Waals surface area contributed by atoms with Crippen molar-refractivity contribution in [3.8, 4) is 0 Å². The van der Waals surface area contributed by atoms with Crippen LogP contribution in [0.1, 0.15) is 29.6 Å². The molecule has 5 nitrogen and oxygen atoms in total. The largest absolute Gasteiger partial charge is 0.379 e. The van der Waals surface area contributed by atoms with E-state index in [1.54, 1.807) is 13.3 Å². The zero-order valence-electron chi connectivity index (χ0n) is 13.9. The number of nitrogens with zero attached hydrogens (tertiary/aromatic N) is 2. The molecule has 1 spiro atoms. The standard InChI is InChI=1S/C19H22N2O3/c1-23-14-11-19(24-12-14)8-4-10-21(13-19)18(22)16-7-9-20-17-6-3-2-5-15(16)17/h2-3,5-7,9,14H,4,8,10-13H2,1H3/t14-,19+/m1/s1. The highest BCUT2D eigenvalue weighted by molar-refractivity contribution is 6.06. The van der Waals surface area contributed by atoms with Crippen molar-refractivity contribution < 1.29 is 14.3 Å². The Bertz CT molecular complexity index is 758. The van der Waals surface area contributed by atoms with E-state index in [2.05, 4.69) is 4.98 Å². The molecule has 2 saturated heterocycles. The molecule has 2 aliphatic rings. The third kappa shape index (κ3) is 2.68. The molecule has 1 aromatic carbocycles. The molecule has 1 amide bonds. The van der Waals surface area contributed by atoms with Gasteiger partial charge in [0, 0.05) is 31.7 Å². The van der Waals surface area contributed by atoms with Gasteiger partial charge in [0.25, 0.3) is 5.91 Å². The van der Waals surface area contributed by atoms with Gasteiger partial charge in [0.1, 0.15) is 0 Å². The van der Waals surface area contributed by atoms with Crippen molar-refractivity contribution in [2.24, 2.45) is 0 Å². The van der Waals surface area contributed by atoms with Crippen LogP contribution in [0.4, 0.5) is 0 Å². The maximum absolute atomic E-state index is 13.1. The zero-order valence-corrected chi connectivity index (χ0v) is 13.9. The lowest BCUT2D eigenvalue weighted by molar-refractivity contribution is -0.0458. The summed E-state index contributed by atoms with van der Waals surface area (Å²) in [5, 5.41) is 0.909. The lowest BCUT2D eigenvalue weighted by Gasteiger charge is -2.39. The van der Waals surface area contributed by atoms with Gasteiger partial charge in [0.2, 0.25) is 0 Å². The number of aromatic nitrogens is 1. The number of likely N-dealkylation sites (tertiary alicyclic amines) is 1. The molecule has 1 aromatic heterocycles. The van der Waals surface area contributed by atoms with Crippen LogP contribution >= 0.6 is 0 Å². The van der Waals surface area contributed by atoms with Gasteiger partial charge < -0.3 is 14.4 Å². The molecular formula is C19H22N2O3. The number of rotatable bonds is 2. The molecule has 0 N–H and O–H groups in total. The molecule has 0 bridgehead atoms. The van der Waals surface area contributed by atoms with Crippen molar-refractivity contribution in [2.45, 2.75) is 31.0 Å². The SMILES string of the molecule is CO[C@H]1CO[C@@]2(CCCN(C(=O)c3ccnc4ccccc34)C2)C1. The van der Waals surface area contributed by atoms with Crippen molar-refractivity contribution in [3.63, 3.8) is 0 Å². The van der Waals surface area contributed by atoms with E-state index in [1.807, 2.05) is 35.2 Å². The van der Waals surface area contributed by atoms with Crippen LogP contribution in [0, 0.1) is 0 Å². The second kappa shape index (κ2) is 6.15. The summed E-state index contributed by atoms with van der Waals surface area (Å²) in [6.07, 6.45) is 4.67.